The quantitative estimate of drug-likeness (QED) is 0.606. The molecule has 1 N–H and O–H groups in total. The Hall–Kier alpha value is -2.58. The topological polar surface area (TPSA) is 86.5 Å². The van der Waals surface area contributed by atoms with Gasteiger partial charge in [-0.1, -0.05) is 32.7 Å². The van der Waals surface area contributed by atoms with Crippen molar-refractivity contribution in [1.29, 1.82) is 0 Å². The molecule has 0 fully saturated rings. The van der Waals surface area contributed by atoms with Gasteiger partial charge in [0, 0.05) is 10.0 Å². The lowest BCUT2D eigenvalue weighted by molar-refractivity contribution is 0.0946. The molecule has 2 aromatic carbocycles. The third-order valence-electron chi connectivity index (χ3n) is 3.68. The lowest BCUT2D eigenvalue weighted by Gasteiger charge is -2.07. The van der Waals surface area contributed by atoms with E-state index >= 15 is 0 Å². The summed E-state index contributed by atoms with van der Waals surface area (Å²) in [6, 6.07) is 10.3. The summed E-state index contributed by atoms with van der Waals surface area (Å²) in [6.07, 6.45) is 0. The number of carbonyl (C=O) groups excluding carboxylic acids is 1. The van der Waals surface area contributed by atoms with Crippen LogP contribution in [0.5, 0.6) is 11.5 Å². The van der Waals surface area contributed by atoms with E-state index < -0.39 is 0 Å². The van der Waals surface area contributed by atoms with E-state index in [9.17, 15) is 4.79 Å². The molecule has 140 valence electrons. The van der Waals surface area contributed by atoms with Crippen LogP contribution >= 0.6 is 27.5 Å². The van der Waals surface area contributed by atoms with Crippen molar-refractivity contribution in [2.75, 3.05) is 14.2 Å². The van der Waals surface area contributed by atoms with Gasteiger partial charge in [-0.25, -0.2) is 0 Å². The van der Waals surface area contributed by atoms with E-state index in [1.54, 1.807) is 50.6 Å². The molecule has 0 saturated heterocycles. The third-order valence-corrected chi connectivity index (χ3v) is 4.51. The van der Waals surface area contributed by atoms with Gasteiger partial charge >= 0.3 is 0 Å². The maximum atomic E-state index is 12.3. The number of carbonyl (C=O) groups is 1. The maximum Gasteiger partial charge on any atom is 0.253 e. The van der Waals surface area contributed by atoms with Crippen LogP contribution in [0.25, 0.3) is 11.4 Å². The second kappa shape index (κ2) is 8.41. The van der Waals surface area contributed by atoms with Crippen LogP contribution in [0.4, 0.5) is 0 Å². The molecule has 0 aliphatic rings. The van der Waals surface area contributed by atoms with Crippen LogP contribution in [0.3, 0.4) is 0 Å². The zero-order chi connectivity index (χ0) is 19.4. The molecule has 0 radical (unpaired) electrons. The van der Waals surface area contributed by atoms with Crippen LogP contribution in [0, 0.1) is 0 Å². The Kier molecular flexibility index (Phi) is 5.98. The first kappa shape index (κ1) is 19.2. The second-order valence-electron chi connectivity index (χ2n) is 5.39. The van der Waals surface area contributed by atoms with Crippen molar-refractivity contribution in [1.82, 2.24) is 15.5 Å². The largest absolute Gasteiger partial charge is 0.493 e. The molecule has 1 heterocycles. The molecule has 3 rings (SSSR count). The van der Waals surface area contributed by atoms with Crippen molar-refractivity contribution < 1.29 is 18.8 Å². The van der Waals surface area contributed by atoms with E-state index in [0.717, 1.165) is 4.47 Å². The summed E-state index contributed by atoms with van der Waals surface area (Å²) in [5, 5.41) is 6.99. The van der Waals surface area contributed by atoms with Gasteiger partial charge in [-0.05, 0) is 36.4 Å². The molecule has 1 amide bonds. The average molecular weight is 453 g/mol. The Balaban J connectivity index is 1.71. The number of nitrogens with one attached hydrogen (secondary N) is 1. The molecule has 1 aromatic heterocycles. The maximum absolute atomic E-state index is 12.3. The van der Waals surface area contributed by atoms with Gasteiger partial charge in [-0.15, -0.1) is 0 Å². The number of ether oxygens (including phenoxy) is 2. The zero-order valence-corrected chi connectivity index (χ0v) is 16.8. The molecule has 0 saturated carbocycles. The Morgan fingerprint density at radius 2 is 1.96 bits per heavy atom. The molecular weight excluding hydrogens is 438 g/mol. The number of nitrogens with zero attached hydrogens (tertiary/aromatic N) is 2. The van der Waals surface area contributed by atoms with Gasteiger partial charge in [0.1, 0.15) is 0 Å². The fourth-order valence-corrected chi connectivity index (χ4v) is 2.91. The van der Waals surface area contributed by atoms with Gasteiger partial charge in [0.2, 0.25) is 11.7 Å². The minimum Gasteiger partial charge on any atom is -0.493 e. The van der Waals surface area contributed by atoms with Crippen molar-refractivity contribution in [3.8, 4) is 22.9 Å². The lowest BCUT2D eigenvalue weighted by atomic mass is 10.2. The second-order valence-corrected chi connectivity index (χ2v) is 6.71. The fraction of sp³-hybridized carbons (Fsp3) is 0.167. The number of halogens is 2. The molecule has 27 heavy (non-hydrogen) atoms. The number of aromatic nitrogens is 2. The molecule has 7 nitrogen and oxygen atoms in total. The minimum atomic E-state index is -0.341. The predicted octanol–water partition coefficient (Wildman–Crippen LogP) is 4.10. The van der Waals surface area contributed by atoms with Gasteiger partial charge in [-0.2, -0.15) is 4.98 Å². The molecule has 0 bridgehead atoms. The van der Waals surface area contributed by atoms with E-state index in [0.29, 0.717) is 33.5 Å². The number of amides is 1. The van der Waals surface area contributed by atoms with E-state index in [4.69, 9.17) is 25.6 Å². The smallest absolute Gasteiger partial charge is 0.253 e. The van der Waals surface area contributed by atoms with Gasteiger partial charge < -0.3 is 19.3 Å². The molecule has 0 aliphatic carbocycles. The highest BCUT2D eigenvalue weighted by atomic mass is 79.9. The van der Waals surface area contributed by atoms with Gasteiger partial charge in [0.05, 0.1) is 31.4 Å². The van der Waals surface area contributed by atoms with Crippen molar-refractivity contribution in [3.63, 3.8) is 0 Å². The first-order chi connectivity index (χ1) is 13.0. The highest BCUT2D eigenvalue weighted by Crippen LogP contribution is 2.31. The highest BCUT2D eigenvalue weighted by Gasteiger charge is 2.15. The molecule has 0 spiro atoms. The summed E-state index contributed by atoms with van der Waals surface area (Å²) < 4.78 is 16.4. The standard InChI is InChI=1S/C18H15BrClN3O4/c1-25-14-6-3-10(7-15(14)26-2)17-22-16(27-23-17)9-21-18(24)12-8-11(19)4-5-13(12)20/h3-8H,9H2,1-2H3,(H,21,24). The van der Waals surface area contributed by atoms with Crippen LogP contribution in [0.15, 0.2) is 45.4 Å². The molecule has 9 heteroatoms. The Morgan fingerprint density at radius 3 is 2.70 bits per heavy atom. The molecule has 0 atom stereocenters. The van der Waals surface area contributed by atoms with Gasteiger partial charge in [0.15, 0.2) is 11.5 Å². The molecule has 0 unspecified atom stereocenters. The van der Waals surface area contributed by atoms with Crippen molar-refractivity contribution in [2.45, 2.75) is 6.54 Å². The van der Waals surface area contributed by atoms with E-state index in [1.165, 1.54) is 0 Å². The molecular formula is C18H15BrClN3O4. The highest BCUT2D eigenvalue weighted by molar-refractivity contribution is 9.10. The number of hydrogen-bond donors (Lipinski definition) is 1. The summed E-state index contributed by atoms with van der Waals surface area (Å²) in [5.41, 5.74) is 1.05. The lowest BCUT2D eigenvalue weighted by Crippen LogP contribution is -2.23. The summed E-state index contributed by atoms with van der Waals surface area (Å²) in [6.45, 7) is 0.0714. The summed E-state index contributed by atoms with van der Waals surface area (Å²) >= 11 is 9.37. The van der Waals surface area contributed by atoms with Crippen molar-refractivity contribution >= 4 is 33.4 Å². The van der Waals surface area contributed by atoms with Crippen LogP contribution in [0.2, 0.25) is 5.02 Å². The normalized spacial score (nSPS) is 10.5. The SMILES string of the molecule is COc1ccc(-c2noc(CNC(=O)c3cc(Br)ccc3Cl)n2)cc1OC. The first-order valence-corrected chi connectivity index (χ1v) is 8.97. The van der Waals surface area contributed by atoms with Gasteiger partial charge in [-0.3, -0.25) is 4.79 Å². The van der Waals surface area contributed by atoms with E-state index in [1.807, 2.05) is 0 Å². The van der Waals surface area contributed by atoms with Gasteiger partial charge in [0.25, 0.3) is 5.91 Å². The molecule has 3 aromatic rings. The van der Waals surface area contributed by atoms with Crippen LogP contribution in [-0.2, 0) is 6.54 Å². The third kappa shape index (κ3) is 4.40. The zero-order valence-electron chi connectivity index (χ0n) is 14.5. The number of benzene rings is 2. The fourth-order valence-electron chi connectivity index (χ4n) is 2.34. The predicted molar refractivity (Wildman–Crippen MR) is 103 cm³/mol. The van der Waals surface area contributed by atoms with Crippen molar-refractivity contribution in [2.24, 2.45) is 0 Å². The van der Waals surface area contributed by atoms with E-state index in [2.05, 4.69) is 31.4 Å². The Morgan fingerprint density at radius 1 is 1.19 bits per heavy atom. The summed E-state index contributed by atoms with van der Waals surface area (Å²) in [7, 11) is 3.11. The Bertz CT molecular complexity index is 977. The minimum absolute atomic E-state index is 0.0714. The number of rotatable bonds is 6. The number of methoxy groups -OCH3 is 2. The number of hydrogen-bond acceptors (Lipinski definition) is 6. The monoisotopic (exact) mass is 451 g/mol. The van der Waals surface area contributed by atoms with Crippen LogP contribution in [-0.4, -0.2) is 30.3 Å². The van der Waals surface area contributed by atoms with E-state index in [-0.39, 0.29) is 18.3 Å². The summed E-state index contributed by atoms with van der Waals surface area (Å²) in [5.74, 6) is 1.45. The molecule has 0 aliphatic heterocycles. The van der Waals surface area contributed by atoms with Crippen LogP contribution < -0.4 is 14.8 Å². The van der Waals surface area contributed by atoms with Crippen LogP contribution in [0.1, 0.15) is 16.2 Å². The van der Waals surface area contributed by atoms with Crippen molar-refractivity contribution in [3.05, 3.63) is 57.3 Å². The Labute approximate surface area is 168 Å². The summed E-state index contributed by atoms with van der Waals surface area (Å²) in [4.78, 5) is 16.6. The first-order valence-electron chi connectivity index (χ1n) is 7.80. The average Bonchev–Trinajstić information content (AvgIpc) is 3.16.